The van der Waals surface area contributed by atoms with Gasteiger partial charge in [-0.2, -0.15) is 0 Å². The van der Waals surface area contributed by atoms with Gasteiger partial charge >= 0.3 is 7.12 Å². The van der Waals surface area contributed by atoms with Crippen molar-refractivity contribution in [3.63, 3.8) is 0 Å². The number of methoxy groups -OCH3 is 1. The molecule has 1 aromatic carbocycles. The van der Waals surface area contributed by atoms with E-state index >= 15 is 0 Å². The molecule has 2 aliphatic heterocycles. The zero-order valence-corrected chi connectivity index (χ0v) is 17.5. The van der Waals surface area contributed by atoms with Gasteiger partial charge in [0.05, 0.1) is 18.3 Å². The molecule has 0 radical (unpaired) electrons. The van der Waals surface area contributed by atoms with Crippen LogP contribution in [0.15, 0.2) is 18.2 Å². The third-order valence-electron chi connectivity index (χ3n) is 6.72. The van der Waals surface area contributed by atoms with Crippen molar-refractivity contribution in [2.75, 3.05) is 33.3 Å². The molecule has 0 atom stereocenters. The van der Waals surface area contributed by atoms with Gasteiger partial charge in [-0.1, -0.05) is 6.07 Å². The van der Waals surface area contributed by atoms with Crippen molar-refractivity contribution >= 4 is 12.6 Å². The molecule has 148 valence electrons. The Hall–Kier alpha value is -1.08. The van der Waals surface area contributed by atoms with Crippen molar-refractivity contribution in [2.24, 2.45) is 0 Å². The lowest BCUT2D eigenvalue weighted by molar-refractivity contribution is 0.00578. The molecule has 1 aliphatic carbocycles. The highest BCUT2D eigenvalue weighted by Gasteiger charge is 2.52. The minimum Gasteiger partial charge on any atom is -0.497 e. The first-order valence-corrected chi connectivity index (χ1v) is 10.3. The van der Waals surface area contributed by atoms with Crippen LogP contribution in [0.3, 0.4) is 0 Å². The van der Waals surface area contributed by atoms with Crippen LogP contribution in [0.25, 0.3) is 0 Å². The molecule has 0 bridgehead atoms. The number of ether oxygens (including phenoxy) is 1. The summed E-state index contributed by atoms with van der Waals surface area (Å²) in [7, 11) is 1.39. The van der Waals surface area contributed by atoms with Crippen LogP contribution in [-0.2, 0) is 15.9 Å². The fourth-order valence-corrected chi connectivity index (χ4v) is 4.01. The Morgan fingerprint density at radius 1 is 1.04 bits per heavy atom. The Bertz CT molecular complexity index is 666. The number of nitrogens with zero attached hydrogens (tertiary/aromatic N) is 2. The SMILES string of the molecule is COc1ccc(B2OC(C)(C)C(C)(C)O2)c(CN2CCN(C3CC3)CC2)c1. The normalized spacial score (nSPS) is 25.7. The lowest BCUT2D eigenvalue weighted by atomic mass is 9.75. The van der Waals surface area contributed by atoms with Crippen molar-refractivity contribution in [2.45, 2.75) is 64.3 Å². The topological polar surface area (TPSA) is 34.2 Å². The van der Waals surface area contributed by atoms with Gasteiger partial charge in [0, 0.05) is 38.8 Å². The fourth-order valence-electron chi connectivity index (χ4n) is 4.01. The van der Waals surface area contributed by atoms with Crippen LogP contribution in [0.5, 0.6) is 5.75 Å². The highest BCUT2D eigenvalue weighted by Crippen LogP contribution is 2.37. The average molecular weight is 372 g/mol. The zero-order valence-electron chi connectivity index (χ0n) is 17.5. The predicted octanol–water partition coefficient (Wildman–Crippen LogP) is 2.27. The number of hydrogen-bond acceptors (Lipinski definition) is 5. The summed E-state index contributed by atoms with van der Waals surface area (Å²) < 4.78 is 18.1. The van der Waals surface area contributed by atoms with Crippen LogP contribution >= 0.6 is 0 Å². The fraction of sp³-hybridized carbons (Fsp3) is 0.714. The number of piperazine rings is 1. The molecule has 5 nitrogen and oxygen atoms in total. The van der Waals surface area contributed by atoms with Crippen LogP contribution in [0.4, 0.5) is 0 Å². The molecule has 0 unspecified atom stereocenters. The van der Waals surface area contributed by atoms with Gasteiger partial charge in [-0.25, -0.2) is 0 Å². The van der Waals surface area contributed by atoms with Crippen LogP contribution in [0.1, 0.15) is 46.1 Å². The third-order valence-corrected chi connectivity index (χ3v) is 6.72. The summed E-state index contributed by atoms with van der Waals surface area (Å²) in [6, 6.07) is 7.13. The van der Waals surface area contributed by atoms with E-state index in [1.54, 1.807) is 7.11 Å². The molecule has 1 saturated carbocycles. The Morgan fingerprint density at radius 2 is 1.67 bits per heavy atom. The zero-order chi connectivity index (χ0) is 19.2. The molecule has 1 aromatic rings. The predicted molar refractivity (Wildman–Crippen MR) is 109 cm³/mol. The molecular formula is C21H33BN2O3. The first-order chi connectivity index (χ1) is 12.8. The number of hydrogen-bond donors (Lipinski definition) is 0. The molecule has 2 heterocycles. The Morgan fingerprint density at radius 3 is 2.22 bits per heavy atom. The van der Waals surface area contributed by atoms with Crippen LogP contribution in [0.2, 0.25) is 0 Å². The molecule has 27 heavy (non-hydrogen) atoms. The highest BCUT2D eigenvalue weighted by molar-refractivity contribution is 6.62. The van der Waals surface area contributed by atoms with E-state index in [9.17, 15) is 0 Å². The molecule has 6 heteroatoms. The van der Waals surface area contributed by atoms with Crippen molar-refractivity contribution in [1.82, 2.24) is 9.80 Å². The molecule has 0 spiro atoms. The highest BCUT2D eigenvalue weighted by atomic mass is 16.7. The van der Waals surface area contributed by atoms with Crippen molar-refractivity contribution < 1.29 is 14.0 Å². The summed E-state index contributed by atoms with van der Waals surface area (Å²) in [5.41, 5.74) is 1.71. The average Bonchev–Trinajstić information content (AvgIpc) is 3.43. The van der Waals surface area contributed by atoms with Gasteiger partial charge in [0.25, 0.3) is 0 Å². The van der Waals surface area contributed by atoms with Crippen molar-refractivity contribution in [1.29, 1.82) is 0 Å². The van der Waals surface area contributed by atoms with E-state index in [2.05, 4.69) is 49.6 Å². The Kier molecular flexibility index (Phi) is 5.04. The minimum absolute atomic E-state index is 0.329. The first-order valence-electron chi connectivity index (χ1n) is 10.3. The molecule has 2 saturated heterocycles. The van der Waals surface area contributed by atoms with E-state index in [1.807, 2.05) is 6.07 Å². The lowest BCUT2D eigenvalue weighted by Crippen LogP contribution is -2.47. The van der Waals surface area contributed by atoms with Gasteiger partial charge < -0.3 is 14.0 Å². The van der Waals surface area contributed by atoms with E-state index < -0.39 is 0 Å². The van der Waals surface area contributed by atoms with Gasteiger partial charge in [0.15, 0.2) is 0 Å². The van der Waals surface area contributed by atoms with Crippen LogP contribution < -0.4 is 10.2 Å². The molecule has 3 aliphatic rings. The summed E-state index contributed by atoms with van der Waals surface area (Å²) in [6.07, 6.45) is 2.78. The number of rotatable bonds is 5. The van der Waals surface area contributed by atoms with E-state index in [0.717, 1.165) is 36.9 Å². The van der Waals surface area contributed by atoms with Crippen molar-refractivity contribution in [3.8, 4) is 5.75 Å². The summed E-state index contributed by atoms with van der Waals surface area (Å²) in [5, 5.41) is 0. The second-order valence-corrected chi connectivity index (χ2v) is 9.20. The van der Waals surface area contributed by atoms with E-state index in [0.29, 0.717) is 0 Å². The quantitative estimate of drug-likeness (QED) is 0.741. The largest absolute Gasteiger partial charge is 0.497 e. The second kappa shape index (κ2) is 7.07. The van der Waals surface area contributed by atoms with E-state index in [4.69, 9.17) is 14.0 Å². The van der Waals surface area contributed by atoms with E-state index in [1.165, 1.54) is 31.5 Å². The first kappa shape index (κ1) is 19.3. The van der Waals surface area contributed by atoms with Crippen LogP contribution in [0, 0.1) is 0 Å². The third kappa shape index (κ3) is 3.90. The van der Waals surface area contributed by atoms with Gasteiger partial charge in [-0.05, 0) is 63.7 Å². The molecular weight excluding hydrogens is 339 g/mol. The Labute approximate surface area is 164 Å². The summed E-state index contributed by atoms with van der Waals surface area (Å²) in [4.78, 5) is 5.19. The van der Waals surface area contributed by atoms with Gasteiger partial charge in [-0.15, -0.1) is 0 Å². The molecule has 0 N–H and O–H groups in total. The second-order valence-electron chi connectivity index (χ2n) is 9.20. The smallest absolute Gasteiger partial charge is 0.495 e. The summed E-state index contributed by atoms with van der Waals surface area (Å²) >= 11 is 0. The summed E-state index contributed by atoms with van der Waals surface area (Å²) in [5.74, 6) is 0.891. The van der Waals surface area contributed by atoms with Gasteiger partial charge in [0.1, 0.15) is 5.75 Å². The maximum Gasteiger partial charge on any atom is 0.495 e. The minimum atomic E-state index is -0.330. The molecule has 4 rings (SSSR count). The lowest BCUT2D eigenvalue weighted by Gasteiger charge is -2.35. The van der Waals surface area contributed by atoms with Crippen molar-refractivity contribution in [3.05, 3.63) is 23.8 Å². The maximum atomic E-state index is 6.32. The maximum absolute atomic E-state index is 6.32. The molecule has 0 amide bonds. The molecule has 0 aromatic heterocycles. The van der Waals surface area contributed by atoms with Gasteiger partial charge in [0.2, 0.25) is 0 Å². The Balaban J connectivity index is 1.51. The number of benzene rings is 1. The van der Waals surface area contributed by atoms with E-state index in [-0.39, 0.29) is 18.3 Å². The monoisotopic (exact) mass is 372 g/mol. The standard InChI is InChI=1S/C21H33BN2O3/c1-20(2)21(3,4)27-22(26-20)19-9-8-18(25-5)14-16(19)15-23-10-12-24(13-11-23)17-6-7-17/h8-9,14,17H,6-7,10-13,15H2,1-5H3. The molecule has 3 fully saturated rings. The van der Waals surface area contributed by atoms with Gasteiger partial charge in [-0.3, -0.25) is 9.80 Å². The van der Waals surface area contributed by atoms with Crippen LogP contribution in [-0.4, -0.2) is 67.5 Å². The summed E-state index contributed by atoms with van der Waals surface area (Å²) in [6.45, 7) is 13.9.